The quantitative estimate of drug-likeness (QED) is 0.422. The Morgan fingerprint density at radius 3 is 2.46 bits per heavy atom. The van der Waals surface area contributed by atoms with Gasteiger partial charge in [-0.2, -0.15) is 0 Å². The monoisotopic (exact) mass is 393 g/mol. The molecule has 1 amide bonds. The molecule has 26 heavy (non-hydrogen) atoms. The molecule has 8 heteroatoms. The first-order valence-corrected chi connectivity index (χ1v) is 9.58. The summed E-state index contributed by atoms with van der Waals surface area (Å²) in [6.07, 6.45) is 0. The van der Waals surface area contributed by atoms with Crippen molar-refractivity contribution in [2.45, 2.75) is 10.9 Å². The summed E-state index contributed by atoms with van der Waals surface area (Å²) in [5.41, 5.74) is 1.75. The molecule has 1 aromatic heterocycles. The summed E-state index contributed by atoms with van der Waals surface area (Å²) in [6, 6.07) is 9.31. The highest BCUT2D eigenvalue weighted by Gasteiger charge is 2.08. The average Bonchev–Trinajstić information content (AvgIpc) is 2.59. The minimum atomic E-state index is -0.0557. The second-order valence-corrected chi connectivity index (χ2v) is 7.60. The lowest BCUT2D eigenvalue weighted by Crippen LogP contribution is -2.31. The molecule has 0 radical (unpaired) electrons. The number of benzene rings is 1. The molecule has 2 aromatic rings. The fourth-order valence-electron chi connectivity index (χ4n) is 2.07. The van der Waals surface area contributed by atoms with E-state index in [1.807, 2.05) is 62.3 Å². The third kappa shape index (κ3) is 6.48. The number of carbonyl (C=O) groups is 1. The molecule has 1 aromatic carbocycles. The fourth-order valence-corrected chi connectivity index (χ4v) is 3.11. The van der Waals surface area contributed by atoms with Crippen LogP contribution in [0.4, 0.5) is 5.82 Å². The van der Waals surface area contributed by atoms with Crippen molar-refractivity contribution in [1.29, 1.82) is 0 Å². The first-order valence-electron chi connectivity index (χ1n) is 8.21. The lowest BCUT2D eigenvalue weighted by molar-refractivity contribution is 0.0951. The van der Waals surface area contributed by atoms with Gasteiger partial charge in [-0.3, -0.25) is 4.79 Å². The smallest absolute Gasteiger partial charge is 0.251 e. The van der Waals surface area contributed by atoms with Gasteiger partial charge < -0.3 is 15.1 Å². The number of hydrogen-bond acceptors (Lipinski definition) is 6. The van der Waals surface area contributed by atoms with Crippen LogP contribution in [0.1, 0.15) is 15.9 Å². The number of thioether (sulfide) groups is 1. The number of carbonyl (C=O) groups excluding carboxylic acids is 1. The van der Waals surface area contributed by atoms with Crippen molar-refractivity contribution < 1.29 is 4.79 Å². The van der Waals surface area contributed by atoms with Crippen molar-refractivity contribution in [3.8, 4) is 0 Å². The van der Waals surface area contributed by atoms with Gasteiger partial charge in [0.2, 0.25) is 0 Å². The third-order valence-corrected chi connectivity index (χ3v) is 4.66. The highest BCUT2D eigenvalue weighted by molar-refractivity contribution is 7.98. The normalized spacial score (nSPS) is 10.8. The van der Waals surface area contributed by atoms with Crippen LogP contribution in [0.3, 0.4) is 0 Å². The summed E-state index contributed by atoms with van der Waals surface area (Å²) in [4.78, 5) is 24.7. The van der Waals surface area contributed by atoms with Gasteiger partial charge in [0, 0.05) is 44.6 Å². The number of aromatic nitrogens is 2. The molecule has 0 spiro atoms. The average molecular weight is 394 g/mol. The standard InChI is InChI=1S/C18H24ClN5OS/c1-23(2)10-9-20-17(25)14-7-5-13(6-8-14)12-26-18-21-15(19)11-16(22-18)24(3)4/h5-8,11H,9-10,12H2,1-4H3,(H,20,25). The maximum Gasteiger partial charge on any atom is 0.251 e. The lowest BCUT2D eigenvalue weighted by Gasteiger charge is -2.12. The van der Waals surface area contributed by atoms with Crippen molar-refractivity contribution in [2.75, 3.05) is 46.2 Å². The first kappa shape index (κ1) is 20.5. The van der Waals surface area contributed by atoms with Gasteiger partial charge >= 0.3 is 0 Å². The summed E-state index contributed by atoms with van der Waals surface area (Å²) >= 11 is 7.57. The zero-order valence-corrected chi connectivity index (χ0v) is 17.1. The summed E-state index contributed by atoms with van der Waals surface area (Å²) < 4.78 is 0. The molecule has 0 unspecified atom stereocenters. The minimum Gasteiger partial charge on any atom is -0.363 e. The Morgan fingerprint density at radius 1 is 1.15 bits per heavy atom. The number of nitrogens with one attached hydrogen (secondary N) is 1. The van der Waals surface area contributed by atoms with Gasteiger partial charge in [0.15, 0.2) is 5.16 Å². The van der Waals surface area contributed by atoms with E-state index < -0.39 is 0 Å². The van der Waals surface area contributed by atoms with E-state index >= 15 is 0 Å². The van der Waals surface area contributed by atoms with Crippen LogP contribution in [0, 0.1) is 0 Å². The molecule has 0 atom stereocenters. The first-order chi connectivity index (χ1) is 12.3. The number of anilines is 1. The second kappa shape index (κ2) is 9.75. The SMILES string of the molecule is CN(C)CCNC(=O)c1ccc(CSc2nc(Cl)cc(N(C)C)n2)cc1. The number of likely N-dealkylation sites (N-methyl/N-ethyl adjacent to an activating group) is 1. The van der Waals surface area contributed by atoms with E-state index in [0.29, 0.717) is 28.2 Å². The van der Waals surface area contributed by atoms with Crippen LogP contribution in [0.2, 0.25) is 5.15 Å². The van der Waals surface area contributed by atoms with E-state index in [0.717, 1.165) is 17.9 Å². The molecule has 0 fully saturated rings. The van der Waals surface area contributed by atoms with E-state index in [4.69, 9.17) is 11.6 Å². The highest BCUT2D eigenvalue weighted by Crippen LogP contribution is 2.24. The molecule has 1 heterocycles. The summed E-state index contributed by atoms with van der Waals surface area (Å²) in [5, 5.41) is 3.96. The Kier molecular flexibility index (Phi) is 7.68. The molecule has 0 saturated carbocycles. The minimum absolute atomic E-state index is 0.0557. The molecule has 1 N–H and O–H groups in total. The van der Waals surface area contributed by atoms with Crippen LogP contribution in [-0.4, -0.2) is 62.1 Å². The van der Waals surface area contributed by atoms with E-state index in [1.165, 1.54) is 11.8 Å². The molecule has 0 aliphatic heterocycles. The van der Waals surface area contributed by atoms with Crippen LogP contribution in [0.5, 0.6) is 0 Å². The van der Waals surface area contributed by atoms with E-state index in [2.05, 4.69) is 15.3 Å². The van der Waals surface area contributed by atoms with Crippen molar-refractivity contribution >= 4 is 35.1 Å². The Bertz CT molecular complexity index is 737. The van der Waals surface area contributed by atoms with Gasteiger partial charge in [-0.15, -0.1) is 0 Å². The summed E-state index contributed by atoms with van der Waals surface area (Å²) in [7, 11) is 7.78. The Labute approximate surface area is 164 Å². The van der Waals surface area contributed by atoms with Gasteiger partial charge in [0.05, 0.1) is 0 Å². The van der Waals surface area contributed by atoms with E-state index in [-0.39, 0.29) is 5.91 Å². The second-order valence-electron chi connectivity index (χ2n) is 6.27. The molecule has 2 rings (SSSR count). The molecule has 0 saturated heterocycles. The number of rotatable bonds is 8. The predicted octanol–water partition coefficient (Wildman–Crippen LogP) is 2.78. The Morgan fingerprint density at radius 2 is 1.85 bits per heavy atom. The zero-order valence-electron chi connectivity index (χ0n) is 15.5. The topological polar surface area (TPSA) is 61.4 Å². The lowest BCUT2D eigenvalue weighted by atomic mass is 10.1. The van der Waals surface area contributed by atoms with Gasteiger partial charge in [-0.25, -0.2) is 9.97 Å². The van der Waals surface area contributed by atoms with E-state index in [9.17, 15) is 4.79 Å². The largest absolute Gasteiger partial charge is 0.363 e. The molecule has 0 aliphatic rings. The van der Waals surface area contributed by atoms with Crippen molar-refractivity contribution in [3.63, 3.8) is 0 Å². The molecule has 0 bridgehead atoms. The molecular weight excluding hydrogens is 370 g/mol. The number of hydrogen-bond donors (Lipinski definition) is 1. The maximum absolute atomic E-state index is 12.1. The van der Waals surface area contributed by atoms with Crippen LogP contribution >= 0.6 is 23.4 Å². The third-order valence-electron chi connectivity index (χ3n) is 3.55. The number of nitrogens with zero attached hydrogens (tertiary/aromatic N) is 4. The number of amides is 1. The zero-order chi connectivity index (χ0) is 19.1. The molecule has 0 aliphatic carbocycles. The highest BCUT2D eigenvalue weighted by atomic mass is 35.5. The van der Waals surface area contributed by atoms with Crippen LogP contribution in [0.25, 0.3) is 0 Å². The molecule has 6 nitrogen and oxygen atoms in total. The Hall–Kier alpha value is -1.83. The predicted molar refractivity (Wildman–Crippen MR) is 108 cm³/mol. The summed E-state index contributed by atoms with van der Waals surface area (Å²) in [5.74, 6) is 1.42. The van der Waals surface area contributed by atoms with Crippen molar-refractivity contribution in [2.24, 2.45) is 0 Å². The van der Waals surface area contributed by atoms with Crippen LogP contribution in [-0.2, 0) is 5.75 Å². The van der Waals surface area contributed by atoms with Crippen LogP contribution in [0.15, 0.2) is 35.5 Å². The summed E-state index contributed by atoms with van der Waals surface area (Å²) in [6.45, 7) is 1.44. The van der Waals surface area contributed by atoms with E-state index in [1.54, 1.807) is 6.07 Å². The van der Waals surface area contributed by atoms with Crippen molar-refractivity contribution in [3.05, 3.63) is 46.6 Å². The van der Waals surface area contributed by atoms with Gasteiger partial charge in [0.1, 0.15) is 11.0 Å². The van der Waals surface area contributed by atoms with Gasteiger partial charge in [-0.05, 0) is 31.8 Å². The van der Waals surface area contributed by atoms with Gasteiger partial charge in [-0.1, -0.05) is 35.5 Å². The van der Waals surface area contributed by atoms with Crippen molar-refractivity contribution in [1.82, 2.24) is 20.2 Å². The fraction of sp³-hybridized carbons (Fsp3) is 0.389. The van der Waals surface area contributed by atoms with Crippen LogP contribution < -0.4 is 10.2 Å². The van der Waals surface area contributed by atoms with Gasteiger partial charge in [0.25, 0.3) is 5.91 Å². The molecular formula is C18H24ClN5OS. The molecule has 140 valence electrons. The number of halogens is 1. The Balaban J connectivity index is 1.92. The maximum atomic E-state index is 12.1.